The van der Waals surface area contributed by atoms with E-state index in [-0.39, 0.29) is 36.3 Å². The van der Waals surface area contributed by atoms with Crippen molar-refractivity contribution in [3.8, 4) is 11.5 Å². The SMILES string of the molecule is COc1ccc(OC(F)F)c(NC(=O)C(C)CN)c1.Cl. The Hall–Kier alpha value is -1.60. The molecule has 1 atom stereocenters. The number of benzene rings is 1. The van der Waals surface area contributed by atoms with E-state index in [2.05, 4.69) is 10.1 Å². The van der Waals surface area contributed by atoms with Gasteiger partial charge in [-0.2, -0.15) is 8.78 Å². The molecule has 1 amide bonds. The number of ether oxygens (including phenoxy) is 2. The lowest BCUT2D eigenvalue weighted by Crippen LogP contribution is -2.27. The number of rotatable bonds is 6. The number of nitrogens with one attached hydrogen (secondary N) is 1. The summed E-state index contributed by atoms with van der Waals surface area (Å²) in [7, 11) is 1.43. The van der Waals surface area contributed by atoms with E-state index in [1.807, 2.05) is 0 Å². The minimum atomic E-state index is -2.98. The maximum atomic E-state index is 12.3. The van der Waals surface area contributed by atoms with Crippen LogP contribution in [0.25, 0.3) is 0 Å². The fourth-order valence-electron chi connectivity index (χ4n) is 1.30. The van der Waals surface area contributed by atoms with Gasteiger partial charge in [-0.1, -0.05) is 6.92 Å². The highest BCUT2D eigenvalue weighted by molar-refractivity contribution is 5.94. The monoisotopic (exact) mass is 310 g/mol. The minimum absolute atomic E-state index is 0. The molecule has 114 valence electrons. The maximum absolute atomic E-state index is 12.3. The van der Waals surface area contributed by atoms with Crippen LogP contribution in [0.5, 0.6) is 11.5 Å². The number of halogens is 3. The summed E-state index contributed by atoms with van der Waals surface area (Å²) in [4.78, 5) is 11.7. The number of anilines is 1. The van der Waals surface area contributed by atoms with E-state index in [1.54, 1.807) is 6.92 Å². The minimum Gasteiger partial charge on any atom is -0.497 e. The second kappa shape index (κ2) is 8.55. The zero-order valence-corrected chi connectivity index (χ0v) is 11.9. The largest absolute Gasteiger partial charge is 0.497 e. The van der Waals surface area contributed by atoms with E-state index in [1.165, 1.54) is 25.3 Å². The zero-order valence-electron chi connectivity index (χ0n) is 11.1. The highest BCUT2D eigenvalue weighted by Crippen LogP contribution is 2.30. The van der Waals surface area contributed by atoms with Crippen LogP contribution in [0.15, 0.2) is 18.2 Å². The molecule has 1 unspecified atom stereocenters. The van der Waals surface area contributed by atoms with Crippen LogP contribution in [0.4, 0.5) is 14.5 Å². The molecule has 0 heterocycles. The van der Waals surface area contributed by atoms with E-state index in [4.69, 9.17) is 10.5 Å². The van der Waals surface area contributed by atoms with Crippen LogP contribution in [0, 0.1) is 5.92 Å². The van der Waals surface area contributed by atoms with Crippen LogP contribution in [0.2, 0.25) is 0 Å². The van der Waals surface area contributed by atoms with Gasteiger partial charge < -0.3 is 20.5 Å². The molecule has 1 aromatic rings. The number of hydrogen-bond donors (Lipinski definition) is 2. The first-order valence-corrected chi connectivity index (χ1v) is 5.61. The molecule has 8 heteroatoms. The third-order valence-corrected chi connectivity index (χ3v) is 2.46. The second-order valence-electron chi connectivity index (χ2n) is 3.87. The molecule has 3 N–H and O–H groups in total. The van der Waals surface area contributed by atoms with Gasteiger partial charge in [-0.25, -0.2) is 0 Å². The molecule has 0 bridgehead atoms. The van der Waals surface area contributed by atoms with Gasteiger partial charge in [0.25, 0.3) is 0 Å². The number of carbonyl (C=O) groups is 1. The van der Waals surface area contributed by atoms with Crippen LogP contribution in [0.3, 0.4) is 0 Å². The molecule has 0 saturated heterocycles. The van der Waals surface area contributed by atoms with Crippen LogP contribution in [0.1, 0.15) is 6.92 Å². The lowest BCUT2D eigenvalue weighted by Gasteiger charge is -2.15. The highest BCUT2D eigenvalue weighted by Gasteiger charge is 2.16. The summed E-state index contributed by atoms with van der Waals surface area (Å²) in [6.45, 7) is -1.19. The van der Waals surface area contributed by atoms with Crippen molar-refractivity contribution in [2.45, 2.75) is 13.5 Å². The van der Waals surface area contributed by atoms with Crippen molar-refractivity contribution in [1.29, 1.82) is 0 Å². The van der Waals surface area contributed by atoms with Crippen molar-refractivity contribution >= 4 is 24.0 Å². The second-order valence-corrected chi connectivity index (χ2v) is 3.87. The molecule has 0 aliphatic rings. The van der Waals surface area contributed by atoms with Crippen LogP contribution < -0.4 is 20.5 Å². The molecule has 5 nitrogen and oxygen atoms in total. The molecule has 0 aliphatic heterocycles. The quantitative estimate of drug-likeness (QED) is 0.845. The van der Waals surface area contributed by atoms with Crippen LogP contribution in [-0.2, 0) is 4.79 Å². The molecule has 0 saturated carbocycles. The first-order chi connectivity index (χ1) is 8.97. The molecular weight excluding hydrogens is 294 g/mol. The summed E-state index contributed by atoms with van der Waals surface area (Å²) < 4.78 is 33.8. The number of alkyl halides is 2. The first kappa shape index (κ1) is 18.4. The summed E-state index contributed by atoms with van der Waals surface area (Å²) in [5.74, 6) is -0.536. The van der Waals surface area contributed by atoms with E-state index >= 15 is 0 Å². The van der Waals surface area contributed by atoms with Gasteiger partial charge in [-0.3, -0.25) is 4.79 Å². The number of methoxy groups -OCH3 is 1. The standard InChI is InChI=1S/C12H16F2N2O3.ClH/c1-7(6-15)11(17)16-9-5-8(18-2)3-4-10(9)19-12(13)14;/h3-5,7,12H,6,15H2,1-2H3,(H,16,17);1H. The Morgan fingerprint density at radius 2 is 2.10 bits per heavy atom. The summed E-state index contributed by atoms with van der Waals surface area (Å²) in [5, 5.41) is 2.48. The van der Waals surface area contributed by atoms with Crippen LogP contribution in [-0.4, -0.2) is 26.2 Å². The average Bonchev–Trinajstić information content (AvgIpc) is 2.39. The lowest BCUT2D eigenvalue weighted by molar-refractivity contribution is -0.119. The van der Waals surface area contributed by atoms with E-state index < -0.39 is 12.5 Å². The predicted octanol–water partition coefficient (Wildman–Crippen LogP) is 2.25. The molecule has 0 radical (unpaired) electrons. The van der Waals surface area contributed by atoms with Crippen molar-refractivity contribution in [2.24, 2.45) is 11.7 Å². The zero-order chi connectivity index (χ0) is 14.4. The molecule has 20 heavy (non-hydrogen) atoms. The summed E-state index contributed by atoms with van der Waals surface area (Å²) in [5.41, 5.74) is 5.48. The average molecular weight is 311 g/mol. The molecule has 0 fully saturated rings. The van der Waals surface area contributed by atoms with Crippen molar-refractivity contribution in [3.63, 3.8) is 0 Å². The Kier molecular flexibility index (Phi) is 7.86. The van der Waals surface area contributed by atoms with E-state index in [9.17, 15) is 13.6 Å². The summed E-state index contributed by atoms with van der Waals surface area (Å²) >= 11 is 0. The summed E-state index contributed by atoms with van der Waals surface area (Å²) in [6.07, 6.45) is 0. The van der Waals surface area contributed by atoms with E-state index in [0.29, 0.717) is 5.75 Å². The van der Waals surface area contributed by atoms with Gasteiger partial charge in [0, 0.05) is 18.5 Å². The first-order valence-electron chi connectivity index (χ1n) is 5.61. The van der Waals surface area contributed by atoms with Gasteiger partial charge in [-0.05, 0) is 12.1 Å². The van der Waals surface area contributed by atoms with E-state index in [0.717, 1.165) is 0 Å². The third kappa shape index (κ3) is 5.18. The van der Waals surface area contributed by atoms with Crippen molar-refractivity contribution < 1.29 is 23.0 Å². The molecule has 0 aromatic heterocycles. The Labute approximate surface area is 121 Å². The highest BCUT2D eigenvalue weighted by atomic mass is 35.5. The number of hydrogen-bond acceptors (Lipinski definition) is 4. The van der Waals surface area contributed by atoms with Crippen molar-refractivity contribution in [1.82, 2.24) is 0 Å². The number of amides is 1. The van der Waals surface area contributed by atoms with Gasteiger partial charge in [0.05, 0.1) is 12.8 Å². The van der Waals surface area contributed by atoms with Gasteiger partial charge in [0.2, 0.25) is 5.91 Å². The summed E-state index contributed by atoms with van der Waals surface area (Å²) in [6, 6.07) is 4.16. The molecule has 1 aromatic carbocycles. The van der Waals surface area contributed by atoms with Gasteiger partial charge >= 0.3 is 6.61 Å². The normalized spacial score (nSPS) is 11.5. The molecular formula is C12H17ClF2N2O3. The van der Waals surface area contributed by atoms with Gasteiger partial charge in [0.1, 0.15) is 11.5 Å². The number of carbonyl (C=O) groups excluding carboxylic acids is 1. The van der Waals surface area contributed by atoms with Crippen LogP contribution >= 0.6 is 12.4 Å². The molecule has 1 rings (SSSR count). The third-order valence-electron chi connectivity index (χ3n) is 2.46. The van der Waals surface area contributed by atoms with Crippen molar-refractivity contribution in [2.75, 3.05) is 19.0 Å². The van der Waals surface area contributed by atoms with Gasteiger partial charge in [-0.15, -0.1) is 12.4 Å². The molecule has 0 aliphatic carbocycles. The van der Waals surface area contributed by atoms with Gasteiger partial charge in [0.15, 0.2) is 0 Å². The Bertz CT molecular complexity index is 447. The maximum Gasteiger partial charge on any atom is 0.387 e. The topological polar surface area (TPSA) is 73.6 Å². The Morgan fingerprint density at radius 3 is 2.60 bits per heavy atom. The van der Waals surface area contributed by atoms with Crippen molar-refractivity contribution in [3.05, 3.63) is 18.2 Å². The number of nitrogens with two attached hydrogens (primary N) is 1. The smallest absolute Gasteiger partial charge is 0.387 e. The fraction of sp³-hybridized carbons (Fsp3) is 0.417. The lowest BCUT2D eigenvalue weighted by atomic mass is 10.1. The fourth-order valence-corrected chi connectivity index (χ4v) is 1.30. The predicted molar refractivity (Wildman–Crippen MR) is 73.7 cm³/mol. The Balaban J connectivity index is 0.00000361. The Morgan fingerprint density at radius 1 is 1.45 bits per heavy atom. The molecule has 0 spiro atoms.